The molecule has 4 rings (SSSR count). The predicted molar refractivity (Wildman–Crippen MR) is 138 cm³/mol. The van der Waals surface area contributed by atoms with Crippen LogP contribution in [0.25, 0.3) is 6.08 Å². The minimum atomic E-state index is -0.0244. The zero-order valence-electron chi connectivity index (χ0n) is 19.1. The van der Waals surface area contributed by atoms with Crippen molar-refractivity contribution in [3.8, 4) is 11.5 Å². The molecule has 5 nitrogen and oxygen atoms in total. The number of hydrogen-bond donors (Lipinski definition) is 0. The summed E-state index contributed by atoms with van der Waals surface area (Å²) in [5.74, 6) is 1.27. The van der Waals surface area contributed by atoms with Gasteiger partial charge in [0.2, 0.25) is 0 Å². The quantitative estimate of drug-likeness (QED) is 0.318. The Labute approximate surface area is 209 Å². The summed E-state index contributed by atoms with van der Waals surface area (Å²) in [5, 5.41) is 0.585. The second-order valence-electron chi connectivity index (χ2n) is 8.37. The Morgan fingerprint density at radius 1 is 1.09 bits per heavy atom. The summed E-state index contributed by atoms with van der Waals surface area (Å²) in [6, 6.07) is 14.0. The van der Waals surface area contributed by atoms with Gasteiger partial charge in [0.15, 0.2) is 16.6 Å². The van der Waals surface area contributed by atoms with E-state index in [4.69, 9.17) is 21.7 Å². The van der Waals surface area contributed by atoms with E-state index in [1.165, 1.54) is 6.42 Å². The van der Waals surface area contributed by atoms with Crippen molar-refractivity contribution in [3.63, 3.8) is 0 Å². The molecule has 174 valence electrons. The molecular formula is C26H29BrN2O3S. The number of carbonyl (C=O) groups is 1. The minimum Gasteiger partial charge on any atom is -0.490 e. The van der Waals surface area contributed by atoms with Gasteiger partial charge >= 0.3 is 0 Å². The summed E-state index contributed by atoms with van der Waals surface area (Å²) < 4.78 is 12.7. The zero-order valence-corrected chi connectivity index (χ0v) is 21.5. The van der Waals surface area contributed by atoms with Gasteiger partial charge < -0.3 is 14.4 Å². The maximum Gasteiger partial charge on any atom is 0.277 e. The van der Waals surface area contributed by atoms with E-state index in [1.54, 1.807) is 0 Å². The molecule has 2 fully saturated rings. The van der Waals surface area contributed by atoms with E-state index in [1.807, 2.05) is 72.3 Å². The predicted octanol–water partition coefficient (Wildman–Crippen LogP) is 6.16. The van der Waals surface area contributed by atoms with Crippen LogP contribution in [0, 0.1) is 0 Å². The van der Waals surface area contributed by atoms with Gasteiger partial charge in [0.05, 0.1) is 6.61 Å². The summed E-state index contributed by atoms with van der Waals surface area (Å²) >= 11 is 9.31. The second kappa shape index (κ2) is 10.7. The number of halogens is 1. The fourth-order valence-corrected chi connectivity index (χ4v) is 5.13. The lowest BCUT2D eigenvalue weighted by atomic mass is 9.94. The zero-order chi connectivity index (χ0) is 23.4. The van der Waals surface area contributed by atoms with E-state index in [2.05, 4.69) is 15.9 Å². The molecular weight excluding hydrogens is 500 g/mol. The van der Waals surface area contributed by atoms with Gasteiger partial charge in [0.1, 0.15) is 12.3 Å². The first kappa shape index (κ1) is 23.8. The first-order chi connectivity index (χ1) is 16.0. The maximum absolute atomic E-state index is 13.3. The van der Waals surface area contributed by atoms with Crippen molar-refractivity contribution in [2.45, 2.75) is 51.7 Å². The van der Waals surface area contributed by atoms with Crippen LogP contribution in [-0.2, 0) is 11.4 Å². The molecule has 0 bridgehead atoms. The molecule has 0 spiro atoms. The molecule has 2 aliphatic rings. The summed E-state index contributed by atoms with van der Waals surface area (Å²) in [6.45, 7) is 2.90. The lowest BCUT2D eigenvalue weighted by Crippen LogP contribution is -2.41. The largest absolute Gasteiger partial charge is 0.490 e. The van der Waals surface area contributed by atoms with Crippen molar-refractivity contribution in [3.05, 3.63) is 63.8 Å². The molecule has 2 aromatic carbocycles. The normalized spacial score (nSPS) is 18.3. The molecule has 0 unspecified atom stereocenters. The van der Waals surface area contributed by atoms with Gasteiger partial charge in [-0.2, -0.15) is 0 Å². The minimum absolute atomic E-state index is 0.0244. The fourth-order valence-electron chi connectivity index (χ4n) is 4.36. The van der Waals surface area contributed by atoms with Gasteiger partial charge in [-0.15, -0.1) is 0 Å². The van der Waals surface area contributed by atoms with Crippen LogP contribution >= 0.6 is 28.1 Å². The highest BCUT2D eigenvalue weighted by atomic mass is 79.9. The summed E-state index contributed by atoms with van der Waals surface area (Å²) in [6.07, 6.45) is 7.43. The number of hydrogen-bond acceptors (Lipinski definition) is 4. The van der Waals surface area contributed by atoms with Gasteiger partial charge in [0.25, 0.3) is 5.91 Å². The molecule has 7 heteroatoms. The Balaban J connectivity index is 1.60. The summed E-state index contributed by atoms with van der Waals surface area (Å²) in [7, 11) is 1.86. The first-order valence-corrected chi connectivity index (χ1v) is 12.7. The van der Waals surface area contributed by atoms with Crippen molar-refractivity contribution in [2.75, 3.05) is 13.7 Å². The molecule has 0 aromatic heterocycles. The van der Waals surface area contributed by atoms with Gasteiger partial charge in [-0.05, 0) is 61.3 Å². The SMILES string of the molecule is CCOc1cc(/C=C2/C(=O)N(C3CCCCC3)C(=S)N2C)c(Br)cc1OCc1ccccc1. The average molecular weight is 530 g/mol. The molecule has 0 radical (unpaired) electrons. The van der Waals surface area contributed by atoms with Crippen LogP contribution in [0.5, 0.6) is 11.5 Å². The van der Waals surface area contributed by atoms with Crippen molar-refractivity contribution in [2.24, 2.45) is 0 Å². The number of nitrogens with zero attached hydrogens (tertiary/aromatic N) is 2. The highest BCUT2D eigenvalue weighted by Crippen LogP contribution is 2.37. The lowest BCUT2D eigenvalue weighted by molar-refractivity contribution is -0.124. The van der Waals surface area contributed by atoms with Crippen LogP contribution in [0.1, 0.15) is 50.2 Å². The highest BCUT2D eigenvalue weighted by Gasteiger charge is 2.40. The van der Waals surface area contributed by atoms with Crippen molar-refractivity contribution in [1.82, 2.24) is 9.80 Å². The molecule has 1 amide bonds. The molecule has 1 saturated carbocycles. The molecule has 33 heavy (non-hydrogen) atoms. The third-order valence-corrected chi connectivity index (χ3v) is 7.28. The van der Waals surface area contributed by atoms with Crippen LogP contribution in [0.15, 0.2) is 52.6 Å². The third-order valence-electron chi connectivity index (χ3n) is 6.12. The topological polar surface area (TPSA) is 42.0 Å². The van der Waals surface area contributed by atoms with Crippen LogP contribution in [-0.4, -0.2) is 40.5 Å². The van der Waals surface area contributed by atoms with E-state index in [0.717, 1.165) is 41.3 Å². The molecule has 2 aromatic rings. The van der Waals surface area contributed by atoms with E-state index < -0.39 is 0 Å². The van der Waals surface area contributed by atoms with Crippen LogP contribution in [0.4, 0.5) is 0 Å². The lowest BCUT2D eigenvalue weighted by Gasteiger charge is -2.30. The maximum atomic E-state index is 13.3. The molecule has 1 saturated heterocycles. The Morgan fingerprint density at radius 3 is 2.48 bits per heavy atom. The standard InChI is InChI=1S/C26H29BrN2O3S/c1-3-31-23-15-19(21(27)16-24(23)32-17-18-10-6-4-7-11-18)14-22-25(30)29(26(33)28(22)2)20-12-8-5-9-13-20/h4,6-7,10-11,14-16,20H,3,5,8-9,12-13,17H2,1-2H3/b22-14-. The number of thiocarbonyl (C=S) groups is 1. The number of rotatable bonds is 7. The molecule has 0 N–H and O–H groups in total. The molecule has 1 heterocycles. The molecule has 0 atom stereocenters. The number of likely N-dealkylation sites (N-methyl/N-ethyl adjacent to an activating group) is 1. The average Bonchev–Trinajstić information content (AvgIpc) is 3.04. The van der Waals surface area contributed by atoms with Crippen LogP contribution in [0.3, 0.4) is 0 Å². The van der Waals surface area contributed by atoms with Gasteiger partial charge in [-0.25, -0.2) is 0 Å². The van der Waals surface area contributed by atoms with Crippen LogP contribution < -0.4 is 9.47 Å². The van der Waals surface area contributed by atoms with Crippen molar-refractivity contribution < 1.29 is 14.3 Å². The van der Waals surface area contributed by atoms with Gasteiger partial charge in [-0.3, -0.25) is 9.69 Å². The summed E-state index contributed by atoms with van der Waals surface area (Å²) in [4.78, 5) is 17.0. The Kier molecular flexibility index (Phi) is 7.71. The van der Waals surface area contributed by atoms with Gasteiger partial charge in [0, 0.05) is 17.6 Å². The Hall–Kier alpha value is -2.38. The first-order valence-electron chi connectivity index (χ1n) is 11.5. The Bertz CT molecular complexity index is 1050. The highest BCUT2D eigenvalue weighted by molar-refractivity contribution is 9.10. The smallest absolute Gasteiger partial charge is 0.277 e. The van der Waals surface area contributed by atoms with Crippen molar-refractivity contribution in [1.29, 1.82) is 0 Å². The molecule has 1 aliphatic carbocycles. The van der Waals surface area contributed by atoms with E-state index in [0.29, 0.717) is 35.5 Å². The van der Waals surface area contributed by atoms with E-state index in [9.17, 15) is 4.79 Å². The van der Waals surface area contributed by atoms with Crippen LogP contribution in [0.2, 0.25) is 0 Å². The van der Waals surface area contributed by atoms with E-state index in [-0.39, 0.29) is 11.9 Å². The number of amides is 1. The monoisotopic (exact) mass is 528 g/mol. The third kappa shape index (κ3) is 5.25. The van der Waals surface area contributed by atoms with E-state index >= 15 is 0 Å². The number of benzene rings is 2. The summed E-state index contributed by atoms with van der Waals surface area (Å²) in [5.41, 5.74) is 2.50. The second-order valence-corrected chi connectivity index (χ2v) is 9.59. The number of ether oxygens (including phenoxy) is 2. The molecule has 1 aliphatic heterocycles. The van der Waals surface area contributed by atoms with Gasteiger partial charge in [-0.1, -0.05) is 65.5 Å². The van der Waals surface area contributed by atoms with Crippen molar-refractivity contribution >= 4 is 45.2 Å². The fraction of sp³-hybridized carbons (Fsp3) is 0.385. The number of carbonyl (C=O) groups excluding carboxylic acids is 1. The Morgan fingerprint density at radius 2 is 1.79 bits per heavy atom.